The molecule has 0 radical (unpaired) electrons. The molecule has 3 rings (SSSR count). The van der Waals surface area contributed by atoms with Gasteiger partial charge in [0, 0.05) is 31.1 Å². The molecule has 1 aromatic carbocycles. The van der Waals surface area contributed by atoms with Crippen LogP contribution in [0.25, 0.3) is 11.4 Å². The maximum absolute atomic E-state index is 14.3. The van der Waals surface area contributed by atoms with Gasteiger partial charge < -0.3 is 4.57 Å². The van der Waals surface area contributed by atoms with Gasteiger partial charge in [-0.05, 0) is 25.0 Å². The third-order valence-corrected chi connectivity index (χ3v) is 6.11. The predicted octanol–water partition coefficient (Wildman–Crippen LogP) is 4.86. The van der Waals surface area contributed by atoms with E-state index in [9.17, 15) is 9.18 Å². The lowest BCUT2D eigenvalue weighted by Gasteiger charge is -2.14. The minimum atomic E-state index is -0.311. The van der Waals surface area contributed by atoms with Crippen LogP contribution in [0.15, 0.2) is 34.8 Å². The zero-order valence-corrected chi connectivity index (χ0v) is 18.6. The number of carbonyl (C=O) groups is 1. The number of nitrogens with zero attached hydrogens (tertiary/aromatic N) is 5. The summed E-state index contributed by atoms with van der Waals surface area (Å²) < 4.78 is 16.3. The first-order valence-electron chi connectivity index (χ1n) is 9.44. The van der Waals surface area contributed by atoms with E-state index in [1.165, 1.54) is 36.1 Å². The van der Waals surface area contributed by atoms with Crippen LogP contribution < -0.4 is 4.90 Å². The predicted molar refractivity (Wildman–Crippen MR) is 116 cm³/mol. The van der Waals surface area contributed by atoms with E-state index in [0.29, 0.717) is 41.3 Å². The minimum Gasteiger partial charge on any atom is -0.302 e. The van der Waals surface area contributed by atoms with Crippen LogP contribution >= 0.6 is 23.1 Å². The highest BCUT2D eigenvalue weighted by Gasteiger charge is 2.19. The molecule has 0 bridgehead atoms. The van der Waals surface area contributed by atoms with E-state index in [1.807, 2.05) is 16.9 Å². The molecule has 0 unspecified atom stereocenters. The van der Waals surface area contributed by atoms with Crippen molar-refractivity contribution in [3.8, 4) is 11.4 Å². The highest BCUT2D eigenvalue weighted by molar-refractivity contribution is 7.98. The van der Waals surface area contributed by atoms with Crippen molar-refractivity contribution in [2.75, 3.05) is 11.4 Å². The molecule has 0 spiro atoms. The third kappa shape index (κ3) is 5.02. The van der Waals surface area contributed by atoms with Crippen LogP contribution in [0, 0.1) is 11.7 Å². The summed E-state index contributed by atoms with van der Waals surface area (Å²) >= 11 is 2.96. The second-order valence-corrected chi connectivity index (χ2v) is 8.74. The fourth-order valence-electron chi connectivity index (χ4n) is 2.88. The molecule has 2 heterocycles. The molecule has 0 aliphatic carbocycles. The van der Waals surface area contributed by atoms with Crippen molar-refractivity contribution in [2.45, 2.75) is 45.1 Å². The van der Waals surface area contributed by atoms with Gasteiger partial charge >= 0.3 is 0 Å². The van der Waals surface area contributed by atoms with E-state index in [0.717, 1.165) is 10.9 Å². The van der Waals surface area contributed by atoms with Crippen molar-refractivity contribution in [1.29, 1.82) is 0 Å². The Labute approximate surface area is 178 Å². The van der Waals surface area contributed by atoms with E-state index >= 15 is 0 Å². The van der Waals surface area contributed by atoms with Gasteiger partial charge in [-0.3, -0.25) is 9.69 Å². The third-order valence-electron chi connectivity index (χ3n) is 4.20. The molecular weight excluding hydrogens is 409 g/mol. The van der Waals surface area contributed by atoms with Crippen LogP contribution in [-0.4, -0.2) is 32.2 Å². The van der Waals surface area contributed by atoms with Gasteiger partial charge in [-0.15, -0.1) is 21.5 Å². The molecule has 1 amide bonds. The minimum absolute atomic E-state index is 0.0211. The largest absolute Gasteiger partial charge is 0.302 e. The molecule has 6 nitrogen and oxygen atoms in total. The van der Waals surface area contributed by atoms with Crippen LogP contribution in [0.1, 0.15) is 33.4 Å². The molecule has 0 fully saturated rings. The van der Waals surface area contributed by atoms with Crippen molar-refractivity contribution in [1.82, 2.24) is 19.7 Å². The maximum Gasteiger partial charge on any atom is 0.225 e. The first-order chi connectivity index (χ1) is 13.9. The fourth-order valence-corrected chi connectivity index (χ4v) is 4.76. The van der Waals surface area contributed by atoms with Crippen LogP contribution in [0.2, 0.25) is 0 Å². The van der Waals surface area contributed by atoms with E-state index in [2.05, 4.69) is 29.0 Å². The normalized spacial score (nSPS) is 11.2. The first kappa shape index (κ1) is 21.4. The quantitative estimate of drug-likeness (QED) is 0.475. The molecule has 0 atom stereocenters. The SMILES string of the molecule is CCN(C(C)=O)c1nc(CSc2nnc(-c3ccccc3F)n2CC(C)C)cs1. The lowest BCUT2D eigenvalue weighted by molar-refractivity contribution is -0.116. The number of thioether (sulfide) groups is 1. The molecule has 29 heavy (non-hydrogen) atoms. The Morgan fingerprint density at radius 3 is 2.72 bits per heavy atom. The number of thiazole rings is 1. The molecule has 0 aliphatic rings. The Hall–Kier alpha value is -2.26. The Kier molecular flexibility index (Phi) is 7.02. The molecular formula is C20H24FN5OS2. The van der Waals surface area contributed by atoms with Gasteiger partial charge in [0.15, 0.2) is 16.1 Å². The van der Waals surface area contributed by atoms with E-state index in [-0.39, 0.29) is 11.7 Å². The second kappa shape index (κ2) is 9.49. The van der Waals surface area contributed by atoms with Gasteiger partial charge in [-0.25, -0.2) is 9.37 Å². The van der Waals surface area contributed by atoms with E-state index in [1.54, 1.807) is 23.1 Å². The Balaban J connectivity index is 1.82. The average Bonchev–Trinajstić information content (AvgIpc) is 3.28. The molecule has 9 heteroatoms. The second-order valence-electron chi connectivity index (χ2n) is 6.96. The number of halogens is 1. The number of rotatable bonds is 8. The summed E-state index contributed by atoms with van der Waals surface area (Å²) in [6, 6.07) is 6.61. The molecule has 154 valence electrons. The zero-order chi connectivity index (χ0) is 21.0. The Morgan fingerprint density at radius 1 is 1.31 bits per heavy atom. The molecule has 0 N–H and O–H groups in total. The Bertz CT molecular complexity index is 985. The number of benzene rings is 1. The van der Waals surface area contributed by atoms with Crippen molar-refractivity contribution >= 4 is 34.1 Å². The van der Waals surface area contributed by atoms with Crippen molar-refractivity contribution in [2.24, 2.45) is 5.92 Å². The Morgan fingerprint density at radius 2 is 2.07 bits per heavy atom. The lowest BCUT2D eigenvalue weighted by Crippen LogP contribution is -2.27. The van der Waals surface area contributed by atoms with E-state index in [4.69, 9.17) is 0 Å². The molecule has 2 aromatic heterocycles. The zero-order valence-electron chi connectivity index (χ0n) is 16.9. The van der Waals surface area contributed by atoms with Gasteiger partial charge in [-0.2, -0.15) is 0 Å². The maximum atomic E-state index is 14.3. The monoisotopic (exact) mass is 433 g/mol. The molecule has 0 saturated carbocycles. The van der Waals surface area contributed by atoms with Crippen LogP contribution in [0.3, 0.4) is 0 Å². The van der Waals surface area contributed by atoms with Gasteiger partial charge in [-0.1, -0.05) is 37.7 Å². The van der Waals surface area contributed by atoms with Gasteiger partial charge in [0.25, 0.3) is 0 Å². The highest BCUT2D eigenvalue weighted by atomic mass is 32.2. The number of amides is 1. The highest BCUT2D eigenvalue weighted by Crippen LogP contribution is 2.30. The van der Waals surface area contributed by atoms with Crippen LogP contribution in [0.5, 0.6) is 0 Å². The summed E-state index contributed by atoms with van der Waals surface area (Å²) in [4.78, 5) is 17.9. The first-order valence-corrected chi connectivity index (χ1v) is 11.3. The smallest absolute Gasteiger partial charge is 0.225 e. The topological polar surface area (TPSA) is 63.9 Å². The van der Waals surface area contributed by atoms with Crippen molar-refractivity contribution < 1.29 is 9.18 Å². The number of hydrogen-bond acceptors (Lipinski definition) is 6. The molecule has 0 saturated heterocycles. The van der Waals surface area contributed by atoms with Gasteiger partial charge in [0.05, 0.1) is 11.3 Å². The number of anilines is 1. The van der Waals surface area contributed by atoms with Crippen molar-refractivity contribution in [3.63, 3.8) is 0 Å². The molecule has 0 aliphatic heterocycles. The summed E-state index contributed by atoms with van der Waals surface area (Å²) in [5, 5.41) is 12.0. The molecule has 3 aromatic rings. The fraction of sp³-hybridized carbons (Fsp3) is 0.400. The summed E-state index contributed by atoms with van der Waals surface area (Å²) in [5.41, 5.74) is 1.32. The van der Waals surface area contributed by atoms with Gasteiger partial charge in [0.2, 0.25) is 5.91 Å². The number of aromatic nitrogens is 4. The van der Waals surface area contributed by atoms with E-state index < -0.39 is 0 Å². The summed E-state index contributed by atoms with van der Waals surface area (Å²) in [6.45, 7) is 8.95. The van der Waals surface area contributed by atoms with Gasteiger partial charge in [0.1, 0.15) is 5.82 Å². The average molecular weight is 434 g/mol. The van der Waals surface area contributed by atoms with Crippen LogP contribution in [-0.2, 0) is 17.1 Å². The number of carbonyl (C=O) groups excluding carboxylic acids is 1. The summed E-state index contributed by atoms with van der Waals surface area (Å²) in [5.74, 6) is 1.16. The standard InChI is InChI=1S/C20H24FN5OS2/c1-5-25(14(4)27)19-22-15(11-28-19)12-29-20-24-23-18(26(20)10-13(2)3)16-8-6-7-9-17(16)21/h6-9,11,13H,5,10,12H2,1-4H3. The van der Waals surface area contributed by atoms with Crippen LogP contribution in [0.4, 0.5) is 9.52 Å². The summed E-state index contributed by atoms with van der Waals surface area (Å²) in [7, 11) is 0. The number of hydrogen-bond donors (Lipinski definition) is 0. The lowest BCUT2D eigenvalue weighted by atomic mass is 10.2. The van der Waals surface area contributed by atoms with Crippen molar-refractivity contribution in [3.05, 3.63) is 41.2 Å². The summed E-state index contributed by atoms with van der Waals surface area (Å²) in [6.07, 6.45) is 0.